The number of nitrogens with one attached hydrogen (secondary N) is 1. The predicted octanol–water partition coefficient (Wildman–Crippen LogP) is 2.58. The van der Waals surface area contributed by atoms with Gasteiger partial charge in [0.2, 0.25) is 5.91 Å². The lowest BCUT2D eigenvalue weighted by atomic mass is 10.1. The van der Waals surface area contributed by atoms with Crippen molar-refractivity contribution in [1.82, 2.24) is 5.32 Å². The Kier molecular flexibility index (Phi) is 4.46. The molecule has 0 heterocycles. The number of aryl methyl sites for hydroxylation is 1. The van der Waals surface area contributed by atoms with Gasteiger partial charge >= 0.3 is 0 Å². The highest BCUT2D eigenvalue weighted by Gasteiger charge is 2.14. The van der Waals surface area contributed by atoms with Crippen molar-refractivity contribution in [2.75, 3.05) is 11.5 Å². The van der Waals surface area contributed by atoms with Crippen molar-refractivity contribution in [3.63, 3.8) is 0 Å². The average molecular weight is 252 g/mol. The van der Waals surface area contributed by atoms with Crippen molar-refractivity contribution in [2.24, 2.45) is 0 Å². The van der Waals surface area contributed by atoms with E-state index in [1.165, 1.54) is 11.8 Å². The molecule has 0 spiro atoms. The summed E-state index contributed by atoms with van der Waals surface area (Å²) in [5.41, 5.74) is 7.54. The lowest BCUT2D eigenvalue weighted by Crippen LogP contribution is -2.41. The zero-order valence-electron chi connectivity index (χ0n) is 10.8. The van der Waals surface area contributed by atoms with Crippen LogP contribution in [0, 0.1) is 6.92 Å². The van der Waals surface area contributed by atoms with Crippen LogP contribution in [0.2, 0.25) is 0 Å². The monoisotopic (exact) mass is 252 g/mol. The van der Waals surface area contributed by atoms with E-state index < -0.39 is 0 Å². The summed E-state index contributed by atoms with van der Waals surface area (Å²) >= 11 is 1.47. The second-order valence-corrected chi connectivity index (χ2v) is 6.15. The number of nitrogen functional groups attached to an aromatic ring is 1. The Morgan fingerprint density at radius 3 is 2.65 bits per heavy atom. The van der Waals surface area contributed by atoms with E-state index in [0.29, 0.717) is 5.75 Å². The van der Waals surface area contributed by atoms with E-state index in [1.807, 2.05) is 45.9 Å². The summed E-state index contributed by atoms with van der Waals surface area (Å²) in [5, 5.41) is 2.92. The van der Waals surface area contributed by atoms with Crippen LogP contribution >= 0.6 is 11.8 Å². The Hall–Kier alpha value is -1.16. The molecule has 0 saturated carbocycles. The first-order chi connectivity index (χ1) is 7.78. The molecule has 1 aromatic rings. The molecule has 0 unspecified atom stereocenters. The molecule has 0 atom stereocenters. The maximum Gasteiger partial charge on any atom is 0.230 e. The molecule has 1 aromatic carbocycles. The van der Waals surface area contributed by atoms with E-state index in [1.54, 1.807) is 0 Å². The second-order valence-electron chi connectivity index (χ2n) is 5.13. The Morgan fingerprint density at radius 2 is 2.06 bits per heavy atom. The number of thioether (sulfide) groups is 1. The number of nitrogens with two attached hydrogens (primary N) is 1. The number of carbonyl (C=O) groups is 1. The molecule has 0 bridgehead atoms. The van der Waals surface area contributed by atoms with E-state index in [2.05, 4.69) is 5.32 Å². The highest BCUT2D eigenvalue weighted by Crippen LogP contribution is 2.25. The lowest BCUT2D eigenvalue weighted by Gasteiger charge is -2.20. The third kappa shape index (κ3) is 5.13. The molecule has 1 amide bonds. The average Bonchev–Trinajstić information content (AvgIpc) is 2.17. The fourth-order valence-corrected chi connectivity index (χ4v) is 2.23. The van der Waals surface area contributed by atoms with E-state index >= 15 is 0 Å². The van der Waals surface area contributed by atoms with Crippen molar-refractivity contribution >= 4 is 23.4 Å². The van der Waals surface area contributed by atoms with Gasteiger partial charge in [0.1, 0.15) is 0 Å². The van der Waals surface area contributed by atoms with Gasteiger partial charge in [-0.3, -0.25) is 4.79 Å². The van der Waals surface area contributed by atoms with Crippen LogP contribution in [-0.4, -0.2) is 17.2 Å². The summed E-state index contributed by atoms with van der Waals surface area (Å²) in [6.07, 6.45) is 0. The van der Waals surface area contributed by atoms with Gasteiger partial charge in [-0.2, -0.15) is 0 Å². The van der Waals surface area contributed by atoms with Gasteiger partial charge in [0.25, 0.3) is 0 Å². The molecular weight excluding hydrogens is 232 g/mol. The van der Waals surface area contributed by atoms with Gasteiger partial charge in [-0.05, 0) is 45.4 Å². The Morgan fingerprint density at radius 1 is 1.41 bits per heavy atom. The van der Waals surface area contributed by atoms with E-state index in [0.717, 1.165) is 16.1 Å². The van der Waals surface area contributed by atoms with E-state index in [9.17, 15) is 4.79 Å². The Bertz CT molecular complexity index is 410. The third-order valence-corrected chi connectivity index (χ3v) is 3.11. The van der Waals surface area contributed by atoms with E-state index in [-0.39, 0.29) is 11.4 Å². The van der Waals surface area contributed by atoms with Gasteiger partial charge in [-0.1, -0.05) is 6.07 Å². The SMILES string of the molecule is Cc1ccc(N)c(SCC(=O)NC(C)(C)C)c1. The molecule has 4 heteroatoms. The summed E-state index contributed by atoms with van der Waals surface area (Å²) in [7, 11) is 0. The maximum atomic E-state index is 11.7. The van der Waals surface area contributed by atoms with Crippen LogP contribution in [0.3, 0.4) is 0 Å². The molecule has 0 radical (unpaired) electrons. The molecule has 94 valence electrons. The molecule has 0 aliphatic carbocycles. The highest BCUT2D eigenvalue weighted by atomic mass is 32.2. The van der Waals surface area contributed by atoms with Gasteiger partial charge in [-0.25, -0.2) is 0 Å². The molecule has 0 aliphatic rings. The van der Waals surface area contributed by atoms with Gasteiger partial charge in [0.05, 0.1) is 5.75 Å². The molecule has 0 aliphatic heterocycles. The van der Waals surface area contributed by atoms with E-state index in [4.69, 9.17) is 5.73 Å². The predicted molar refractivity (Wildman–Crippen MR) is 74.2 cm³/mol. The first-order valence-corrected chi connectivity index (χ1v) is 6.56. The number of benzene rings is 1. The van der Waals surface area contributed by atoms with Crippen molar-refractivity contribution in [3.8, 4) is 0 Å². The zero-order valence-corrected chi connectivity index (χ0v) is 11.6. The molecule has 0 saturated heterocycles. The van der Waals surface area contributed by atoms with Crippen LogP contribution in [0.25, 0.3) is 0 Å². The van der Waals surface area contributed by atoms with Crippen LogP contribution in [0.5, 0.6) is 0 Å². The molecule has 1 rings (SSSR count). The minimum Gasteiger partial charge on any atom is -0.398 e. The van der Waals surface area contributed by atoms with Crippen molar-refractivity contribution in [2.45, 2.75) is 38.1 Å². The standard InChI is InChI=1S/C13H20N2OS/c1-9-5-6-10(14)11(7-9)17-8-12(16)15-13(2,3)4/h5-7H,8,14H2,1-4H3,(H,15,16). The first kappa shape index (κ1) is 13.9. The smallest absolute Gasteiger partial charge is 0.230 e. The minimum atomic E-state index is -0.185. The fourth-order valence-electron chi connectivity index (χ4n) is 1.36. The molecule has 17 heavy (non-hydrogen) atoms. The molecular formula is C13H20N2OS. The number of rotatable bonds is 3. The quantitative estimate of drug-likeness (QED) is 0.642. The van der Waals surface area contributed by atoms with Crippen LogP contribution < -0.4 is 11.1 Å². The first-order valence-electron chi connectivity index (χ1n) is 5.58. The maximum absolute atomic E-state index is 11.7. The van der Waals surface area contributed by atoms with Gasteiger partial charge in [-0.15, -0.1) is 11.8 Å². The van der Waals surface area contributed by atoms with Crippen molar-refractivity contribution < 1.29 is 4.79 Å². The summed E-state index contributed by atoms with van der Waals surface area (Å²) in [6, 6.07) is 5.85. The van der Waals surface area contributed by atoms with Crippen LogP contribution in [0.4, 0.5) is 5.69 Å². The zero-order chi connectivity index (χ0) is 13.1. The summed E-state index contributed by atoms with van der Waals surface area (Å²) in [4.78, 5) is 12.6. The van der Waals surface area contributed by atoms with Gasteiger partial charge in [0.15, 0.2) is 0 Å². The number of amides is 1. The normalized spacial score (nSPS) is 11.3. The topological polar surface area (TPSA) is 55.1 Å². The Balaban J connectivity index is 2.56. The van der Waals surface area contributed by atoms with Crippen LogP contribution in [0.1, 0.15) is 26.3 Å². The van der Waals surface area contributed by atoms with Crippen molar-refractivity contribution in [3.05, 3.63) is 23.8 Å². The number of hydrogen-bond donors (Lipinski definition) is 2. The number of anilines is 1. The van der Waals surface area contributed by atoms with Crippen LogP contribution in [-0.2, 0) is 4.79 Å². The minimum absolute atomic E-state index is 0.0309. The summed E-state index contributed by atoms with van der Waals surface area (Å²) in [6.45, 7) is 7.92. The number of carbonyl (C=O) groups excluding carboxylic acids is 1. The lowest BCUT2D eigenvalue weighted by molar-refractivity contribution is -0.119. The molecule has 3 nitrogen and oxygen atoms in total. The summed E-state index contributed by atoms with van der Waals surface area (Å²) < 4.78 is 0. The second kappa shape index (κ2) is 5.45. The van der Waals surface area contributed by atoms with Crippen LogP contribution in [0.15, 0.2) is 23.1 Å². The molecule has 0 aromatic heterocycles. The van der Waals surface area contributed by atoms with Crippen molar-refractivity contribution in [1.29, 1.82) is 0 Å². The summed E-state index contributed by atoms with van der Waals surface area (Å²) in [5.74, 6) is 0.425. The fraction of sp³-hybridized carbons (Fsp3) is 0.462. The highest BCUT2D eigenvalue weighted by molar-refractivity contribution is 8.00. The number of hydrogen-bond acceptors (Lipinski definition) is 3. The van der Waals surface area contributed by atoms with Gasteiger partial charge < -0.3 is 11.1 Å². The van der Waals surface area contributed by atoms with Gasteiger partial charge in [0, 0.05) is 16.1 Å². The largest absolute Gasteiger partial charge is 0.398 e. The molecule has 3 N–H and O–H groups in total. The third-order valence-electron chi connectivity index (χ3n) is 2.04. The molecule has 0 fully saturated rings. The Labute approximate surface area is 107 Å².